The van der Waals surface area contributed by atoms with Crippen molar-refractivity contribution in [2.75, 3.05) is 5.32 Å². The number of anilines is 2. The summed E-state index contributed by atoms with van der Waals surface area (Å²) >= 11 is 0. The number of nitrogens with zero attached hydrogens (tertiary/aromatic N) is 3. The molecule has 25 heavy (non-hydrogen) atoms. The zero-order valence-electron chi connectivity index (χ0n) is 14.1. The predicted molar refractivity (Wildman–Crippen MR) is 99.3 cm³/mol. The van der Waals surface area contributed by atoms with Crippen LogP contribution in [0.25, 0.3) is 17.0 Å². The molecule has 2 heterocycles. The number of nitrogens with one attached hydrogen (secondary N) is 1. The summed E-state index contributed by atoms with van der Waals surface area (Å²) in [5.41, 5.74) is 4.94. The number of benzene rings is 2. The van der Waals surface area contributed by atoms with Crippen LogP contribution in [0.15, 0.2) is 60.9 Å². The van der Waals surface area contributed by atoms with Crippen LogP contribution in [0.3, 0.4) is 0 Å². The number of rotatable bonds is 3. The first-order valence-electron chi connectivity index (χ1n) is 8.08. The molecule has 0 saturated heterocycles. The standard InChI is InChI=1S/C20H18N4O/c1-13-9-14(2)11-16(10-13)22-19-18(15-5-3-6-17(25)12-15)23-20-21-7-4-8-24(19)20/h3-12,22,25H,1-2H3. The minimum atomic E-state index is 0.208. The minimum absolute atomic E-state index is 0.208. The van der Waals surface area contributed by atoms with Crippen LogP contribution in [-0.2, 0) is 0 Å². The van der Waals surface area contributed by atoms with E-state index in [2.05, 4.69) is 47.3 Å². The van der Waals surface area contributed by atoms with E-state index in [9.17, 15) is 5.11 Å². The van der Waals surface area contributed by atoms with Gasteiger partial charge in [-0.05, 0) is 55.3 Å². The molecule has 0 atom stereocenters. The summed E-state index contributed by atoms with van der Waals surface area (Å²) in [7, 11) is 0. The zero-order valence-corrected chi connectivity index (χ0v) is 14.1. The van der Waals surface area contributed by atoms with Gasteiger partial charge in [0.2, 0.25) is 5.78 Å². The van der Waals surface area contributed by atoms with Crippen LogP contribution in [0.1, 0.15) is 11.1 Å². The number of imidazole rings is 1. The number of phenols is 1. The molecule has 5 nitrogen and oxygen atoms in total. The van der Waals surface area contributed by atoms with E-state index < -0.39 is 0 Å². The molecule has 0 radical (unpaired) electrons. The molecule has 0 fully saturated rings. The van der Waals surface area contributed by atoms with Crippen molar-refractivity contribution in [3.63, 3.8) is 0 Å². The third-order valence-electron chi connectivity index (χ3n) is 4.01. The Hall–Kier alpha value is -3.34. The first-order valence-corrected chi connectivity index (χ1v) is 8.08. The van der Waals surface area contributed by atoms with Crippen molar-refractivity contribution in [2.45, 2.75) is 13.8 Å². The van der Waals surface area contributed by atoms with Gasteiger partial charge in [-0.3, -0.25) is 4.40 Å². The van der Waals surface area contributed by atoms with Crippen LogP contribution < -0.4 is 5.32 Å². The van der Waals surface area contributed by atoms with E-state index in [1.165, 1.54) is 11.1 Å². The Labute approximate surface area is 145 Å². The van der Waals surface area contributed by atoms with Gasteiger partial charge in [-0.2, -0.15) is 0 Å². The van der Waals surface area contributed by atoms with Gasteiger partial charge in [-0.1, -0.05) is 18.2 Å². The van der Waals surface area contributed by atoms with E-state index in [1.807, 2.05) is 28.8 Å². The van der Waals surface area contributed by atoms with Crippen molar-refractivity contribution < 1.29 is 5.11 Å². The number of hydrogen-bond donors (Lipinski definition) is 2. The zero-order chi connectivity index (χ0) is 17.4. The van der Waals surface area contributed by atoms with Crippen LogP contribution in [0, 0.1) is 13.8 Å². The van der Waals surface area contributed by atoms with Crippen LogP contribution in [0.2, 0.25) is 0 Å². The van der Waals surface area contributed by atoms with E-state index >= 15 is 0 Å². The third kappa shape index (κ3) is 2.92. The summed E-state index contributed by atoms with van der Waals surface area (Å²) in [4.78, 5) is 8.98. The molecule has 2 aromatic heterocycles. The van der Waals surface area contributed by atoms with Gasteiger partial charge >= 0.3 is 0 Å². The van der Waals surface area contributed by atoms with Gasteiger partial charge < -0.3 is 10.4 Å². The minimum Gasteiger partial charge on any atom is -0.508 e. The van der Waals surface area contributed by atoms with Gasteiger partial charge in [0.05, 0.1) is 0 Å². The molecule has 0 unspecified atom stereocenters. The quantitative estimate of drug-likeness (QED) is 0.582. The summed E-state index contributed by atoms with van der Waals surface area (Å²) in [6.07, 6.45) is 3.64. The van der Waals surface area contributed by atoms with Crippen molar-refractivity contribution >= 4 is 17.3 Å². The molecule has 4 rings (SSSR count). The highest BCUT2D eigenvalue weighted by molar-refractivity contribution is 5.79. The maximum Gasteiger partial charge on any atom is 0.235 e. The molecule has 0 amide bonds. The molecule has 0 aliphatic carbocycles. The molecule has 0 aliphatic heterocycles. The topological polar surface area (TPSA) is 62.5 Å². The first kappa shape index (κ1) is 15.2. The number of aromatic nitrogens is 3. The number of phenolic OH excluding ortho intramolecular Hbond substituents is 1. The van der Waals surface area contributed by atoms with Crippen molar-refractivity contribution in [1.82, 2.24) is 14.4 Å². The summed E-state index contributed by atoms with van der Waals surface area (Å²) in [5, 5.41) is 13.3. The Morgan fingerprint density at radius 2 is 1.80 bits per heavy atom. The predicted octanol–water partition coefficient (Wildman–Crippen LogP) is 4.46. The fraction of sp³-hybridized carbons (Fsp3) is 0.100. The Kier molecular flexibility index (Phi) is 3.61. The van der Waals surface area contributed by atoms with Crippen LogP contribution in [-0.4, -0.2) is 19.5 Å². The molecule has 5 heteroatoms. The lowest BCUT2D eigenvalue weighted by molar-refractivity contribution is 0.475. The van der Waals surface area contributed by atoms with Crippen molar-refractivity contribution in [3.8, 4) is 17.0 Å². The SMILES string of the molecule is Cc1cc(C)cc(Nc2c(-c3cccc(O)c3)nc3ncccn23)c1. The summed E-state index contributed by atoms with van der Waals surface area (Å²) in [5.74, 6) is 1.63. The first-order chi connectivity index (χ1) is 12.1. The largest absolute Gasteiger partial charge is 0.508 e. The highest BCUT2D eigenvalue weighted by Crippen LogP contribution is 2.32. The van der Waals surface area contributed by atoms with E-state index in [4.69, 9.17) is 0 Å². The summed E-state index contributed by atoms with van der Waals surface area (Å²) < 4.78 is 1.91. The van der Waals surface area contributed by atoms with Crippen molar-refractivity contribution in [1.29, 1.82) is 0 Å². The van der Waals surface area contributed by atoms with Gasteiger partial charge in [0, 0.05) is 23.6 Å². The Bertz CT molecular complexity index is 1050. The summed E-state index contributed by atoms with van der Waals surface area (Å²) in [6.45, 7) is 4.15. The number of aryl methyl sites for hydroxylation is 2. The fourth-order valence-corrected chi connectivity index (χ4v) is 3.04. The number of hydrogen-bond acceptors (Lipinski definition) is 4. The molecule has 0 spiro atoms. The average molecular weight is 330 g/mol. The lowest BCUT2D eigenvalue weighted by Crippen LogP contribution is -1.98. The smallest absolute Gasteiger partial charge is 0.235 e. The Morgan fingerprint density at radius 3 is 2.56 bits per heavy atom. The highest BCUT2D eigenvalue weighted by Gasteiger charge is 2.15. The van der Waals surface area contributed by atoms with Crippen LogP contribution in [0.5, 0.6) is 5.75 Å². The normalized spacial score (nSPS) is 11.0. The molecular formula is C20H18N4O. The molecule has 4 aromatic rings. The second-order valence-corrected chi connectivity index (χ2v) is 6.15. The van der Waals surface area contributed by atoms with Crippen LogP contribution in [0.4, 0.5) is 11.5 Å². The molecule has 2 aromatic carbocycles. The van der Waals surface area contributed by atoms with Gasteiger partial charge in [-0.15, -0.1) is 0 Å². The highest BCUT2D eigenvalue weighted by atomic mass is 16.3. The fourth-order valence-electron chi connectivity index (χ4n) is 3.04. The second-order valence-electron chi connectivity index (χ2n) is 6.15. The van der Waals surface area contributed by atoms with Gasteiger partial charge in [0.25, 0.3) is 0 Å². The maximum atomic E-state index is 9.83. The van der Waals surface area contributed by atoms with Gasteiger partial charge in [0.1, 0.15) is 17.3 Å². The van der Waals surface area contributed by atoms with E-state index in [0.717, 1.165) is 22.8 Å². The van der Waals surface area contributed by atoms with Gasteiger partial charge in [0.15, 0.2) is 0 Å². The molecule has 124 valence electrons. The lowest BCUT2D eigenvalue weighted by Gasteiger charge is -2.10. The number of aromatic hydroxyl groups is 1. The number of fused-ring (bicyclic) bond motifs is 1. The van der Waals surface area contributed by atoms with Crippen molar-refractivity contribution in [3.05, 3.63) is 72.1 Å². The molecule has 0 saturated carbocycles. The Morgan fingerprint density at radius 1 is 1.00 bits per heavy atom. The molecule has 2 N–H and O–H groups in total. The summed E-state index contributed by atoms with van der Waals surface area (Å²) in [6, 6.07) is 15.3. The van der Waals surface area contributed by atoms with Gasteiger partial charge in [-0.25, -0.2) is 9.97 Å². The van der Waals surface area contributed by atoms with E-state index in [0.29, 0.717) is 5.78 Å². The molecule has 0 bridgehead atoms. The second kappa shape index (κ2) is 5.94. The van der Waals surface area contributed by atoms with E-state index in [1.54, 1.807) is 18.3 Å². The molecule has 0 aliphatic rings. The monoisotopic (exact) mass is 330 g/mol. The lowest BCUT2D eigenvalue weighted by atomic mass is 10.1. The van der Waals surface area contributed by atoms with E-state index in [-0.39, 0.29) is 5.75 Å². The third-order valence-corrected chi connectivity index (χ3v) is 4.01. The average Bonchev–Trinajstić information content (AvgIpc) is 2.93. The maximum absolute atomic E-state index is 9.83. The Balaban J connectivity index is 1.90. The molecular weight excluding hydrogens is 312 g/mol. The van der Waals surface area contributed by atoms with Crippen molar-refractivity contribution in [2.24, 2.45) is 0 Å². The van der Waals surface area contributed by atoms with Crippen LogP contribution >= 0.6 is 0 Å².